The second kappa shape index (κ2) is 7.87. The fourth-order valence-corrected chi connectivity index (χ4v) is 4.40. The number of aryl methyl sites for hydroxylation is 1. The van der Waals surface area contributed by atoms with E-state index in [4.69, 9.17) is 0 Å². The minimum Gasteiger partial charge on any atom is -0.309 e. The van der Waals surface area contributed by atoms with Gasteiger partial charge in [-0.2, -0.15) is 4.31 Å². The van der Waals surface area contributed by atoms with Crippen LogP contribution < -0.4 is 5.32 Å². The number of hydrogen-bond acceptors (Lipinski definition) is 6. The number of aromatic nitrogens is 1. The molecule has 1 N–H and O–H groups in total. The molecule has 2 heterocycles. The number of benzene rings is 1. The Labute approximate surface area is 161 Å². The second-order valence-corrected chi connectivity index (χ2v) is 8.09. The van der Waals surface area contributed by atoms with E-state index in [0.29, 0.717) is 5.82 Å². The summed E-state index contributed by atoms with van der Waals surface area (Å²) in [6.45, 7) is 1.81. The van der Waals surface area contributed by atoms with Crippen molar-refractivity contribution in [3.63, 3.8) is 0 Å². The van der Waals surface area contributed by atoms with Crippen molar-refractivity contribution < 1.29 is 18.1 Å². The summed E-state index contributed by atoms with van der Waals surface area (Å²) in [6.07, 6.45) is 3.62. The monoisotopic (exact) mass is 402 g/mol. The van der Waals surface area contributed by atoms with Crippen molar-refractivity contribution in [2.45, 2.75) is 24.3 Å². The summed E-state index contributed by atoms with van der Waals surface area (Å²) in [7, 11) is -4.02. The molecule has 10 heteroatoms. The first-order valence-corrected chi connectivity index (χ1v) is 9.89. The van der Waals surface area contributed by atoms with E-state index < -0.39 is 26.9 Å². The molecule has 9 nitrogen and oxygen atoms in total. The van der Waals surface area contributed by atoms with E-state index in [9.17, 15) is 23.3 Å². The highest BCUT2D eigenvalue weighted by Crippen LogP contribution is 2.25. The lowest BCUT2D eigenvalue weighted by Gasteiger charge is -2.30. The Morgan fingerprint density at radius 1 is 1.21 bits per heavy atom. The van der Waals surface area contributed by atoms with Gasteiger partial charge in [-0.05, 0) is 37.6 Å². The van der Waals surface area contributed by atoms with E-state index in [-0.39, 0.29) is 23.5 Å². The molecule has 0 saturated carbocycles. The molecule has 2 aromatic rings. The zero-order valence-corrected chi connectivity index (χ0v) is 15.8. The van der Waals surface area contributed by atoms with Gasteiger partial charge < -0.3 is 5.32 Å². The van der Waals surface area contributed by atoms with Gasteiger partial charge in [0.25, 0.3) is 5.69 Å². The van der Waals surface area contributed by atoms with Gasteiger partial charge in [-0.3, -0.25) is 14.9 Å². The van der Waals surface area contributed by atoms with E-state index in [2.05, 4.69) is 10.3 Å². The van der Waals surface area contributed by atoms with E-state index in [1.165, 1.54) is 12.1 Å². The van der Waals surface area contributed by atoms with Crippen LogP contribution in [0.1, 0.15) is 12.1 Å². The third-order valence-electron chi connectivity index (χ3n) is 4.26. The van der Waals surface area contributed by atoms with Crippen LogP contribution in [0.25, 0.3) is 0 Å². The number of amides is 1. The zero-order valence-electron chi connectivity index (χ0n) is 15.0. The number of nitro groups is 1. The number of hydrogen-bond donors (Lipinski definition) is 1. The Hall–Kier alpha value is -3.11. The van der Waals surface area contributed by atoms with Crippen molar-refractivity contribution in [3.05, 3.63) is 70.4 Å². The van der Waals surface area contributed by atoms with Crippen molar-refractivity contribution in [3.8, 4) is 0 Å². The molecule has 28 heavy (non-hydrogen) atoms. The summed E-state index contributed by atoms with van der Waals surface area (Å²) in [6, 6.07) is 8.78. The van der Waals surface area contributed by atoms with Crippen LogP contribution in [0.2, 0.25) is 0 Å². The van der Waals surface area contributed by atoms with Crippen LogP contribution in [0.5, 0.6) is 0 Å². The number of sulfonamides is 1. The predicted octanol–water partition coefficient (Wildman–Crippen LogP) is 2.26. The van der Waals surface area contributed by atoms with E-state index in [1.54, 1.807) is 37.3 Å². The lowest BCUT2D eigenvalue weighted by molar-refractivity contribution is -0.384. The summed E-state index contributed by atoms with van der Waals surface area (Å²) < 4.78 is 27.1. The van der Waals surface area contributed by atoms with Gasteiger partial charge in [-0.25, -0.2) is 13.4 Å². The molecule has 0 spiro atoms. The Kier molecular flexibility index (Phi) is 5.52. The molecule has 0 saturated heterocycles. The van der Waals surface area contributed by atoms with Gasteiger partial charge in [-0.15, -0.1) is 0 Å². The first-order chi connectivity index (χ1) is 13.3. The Bertz CT molecular complexity index is 1030. The van der Waals surface area contributed by atoms with E-state index >= 15 is 0 Å². The van der Waals surface area contributed by atoms with Gasteiger partial charge in [0.2, 0.25) is 15.9 Å². The first-order valence-electron chi connectivity index (χ1n) is 8.45. The van der Waals surface area contributed by atoms with Crippen LogP contribution in [0.3, 0.4) is 0 Å². The Balaban J connectivity index is 1.86. The molecule has 0 fully saturated rings. The zero-order chi connectivity index (χ0) is 20.3. The fourth-order valence-electron chi connectivity index (χ4n) is 2.85. The van der Waals surface area contributed by atoms with Gasteiger partial charge in [0, 0.05) is 24.4 Å². The van der Waals surface area contributed by atoms with Crippen LogP contribution in [0, 0.1) is 17.0 Å². The lowest BCUT2D eigenvalue weighted by Crippen LogP contribution is -2.48. The maximum absolute atomic E-state index is 13.0. The number of nitrogens with zero attached hydrogens (tertiary/aromatic N) is 3. The van der Waals surface area contributed by atoms with Crippen molar-refractivity contribution in [1.29, 1.82) is 0 Å². The minimum absolute atomic E-state index is 0.0264. The first kappa shape index (κ1) is 19.6. The van der Waals surface area contributed by atoms with Gasteiger partial charge in [-0.1, -0.05) is 18.2 Å². The number of nitrogens with one attached hydrogen (secondary N) is 1. The van der Waals surface area contributed by atoms with Crippen LogP contribution in [0.4, 0.5) is 11.5 Å². The average molecular weight is 402 g/mol. The van der Waals surface area contributed by atoms with E-state index in [1.807, 2.05) is 0 Å². The summed E-state index contributed by atoms with van der Waals surface area (Å²) in [5.41, 5.74) is 0.508. The highest BCUT2D eigenvalue weighted by atomic mass is 32.2. The molecule has 1 atom stereocenters. The second-order valence-electron chi connectivity index (χ2n) is 6.20. The minimum atomic E-state index is -4.02. The topological polar surface area (TPSA) is 123 Å². The summed E-state index contributed by atoms with van der Waals surface area (Å²) >= 11 is 0. The molecule has 1 aliphatic heterocycles. The quantitative estimate of drug-likeness (QED) is 0.465. The van der Waals surface area contributed by atoms with Crippen molar-refractivity contribution >= 4 is 27.4 Å². The summed E-state index contributed by atoms with van der Waals surface area (Å²) in [4.78, 5) is 27.0. The van der Waals surface area contributed by atoms with Crippen molar-refractivity contribution in [1.82, 2.24) is 9.29 Å². The molecular weight excluding hydrogens is 384 g/mol. The van der Waals surface area contributed by atoms with Crippen molar-refractivity contribution in [2.24, 2.45) is 0 Å². The number of rotatable bonds is 5. The summed E-state index contributed by atoms with van der Waals surface area (Å²) in [5.74, 6) is -0.153. The number of non-ortho nitro benzene ring substituents is 1. The van der Waals surface area contributed by atoms with Gasteiger partial charge in [0.1, 0.15) is 11.9 Å². The largest absolute Gasteiger partial charge is 0.309 e. The Morgan fingerprint density at radius 2 is 1.93 bits per heavy atom. The molecule has 0 bridgehead atoms. The molecule has 1 unspecified atom stereocenters. The SMILES string of the molecule is Cc1cccc(NC(=O)C2CC=CCN2S(=O)(=O)c2ccc([N+](=O)[O-])cc2)n1. The normalized spacial score (nSPS) is 17.2. The molecule has 1 amide bonds. The van der Waals surface area contributed by atoms with Gasteiger partial charge in [0.05, 0.1) is 9.82 Å². The number of carbonyl (C=O) groups excluding carboxylic acids is 1. The number of anilines is 1. The molecule has 1 aromatic heterocycles. The molecule has 1 aromatic carbocycles. The lowest BCUT2D eigenvalue weighted by atomic mass is 10.1. The maximum Gasteiger partial charge on any atom is 0.269 e. The van der Waals surface area contributed by atoms with Crippen molar-refractivity contribution in [2.75, 3.05) is 11.9 Å². The van der Waals surface area contributed by atoms with Crippen LogP contribution in [0.15, 0.2) is 59.5 Å². The molecule has 146 valence electrons. The number of pyridine rings is 1. The van der Waals surface area contributed by atoms with Gasteiger partial charge >= 0.3 is 0 Å². The predicted molar refractivity (Wildman–Crippen MR) is 102 cm³/mol. The van der Waals surface area contributed by atoms with Gasteiger partial charge in [0.15, 0.2) is 0 Å². The summed E-state index contributed by atoms with van der Waals surface area (Å²) in [5, 5.41) is 13.4. The fraction of sp³-hybridized carbons (Fsp3) is 0.222. The molecular formula is C18H18N4O5S. The average Bonchev–Trinajstić information content (AvgIpc) is 2.68. The number of carbonyl (C=O) groups is 1. The van der Waals surface area contributed by atoms with Crippen LogP contribution >= 0.6 is 0 Å². The third-order valence-corrected chi connectivity index (χ3v) is 6.14. The van der Waals surface area contributed by atoms with E-state index in [0.717, 1.165) is 22.1 Å². The molecule has 3 rings (SSSR count). The highest BCUT2D eigenvalue weighted by molar-refractivity contribution is 7.89. The molecule has 1 aliphatic rings. The third kappa shape index (κ3) is 4.07. The number of nitro benzene ring substituents is 1. The maximum atomic E-state index is 13.0. The van der Waals surface area contributed by atoms with Crippen LogP contribution in [-0.2, 0) is 14.8 Å². The molecule has 0 radical (unpaired) electrons. The Morgan fingerprint density at radius 3 is 2.57 bits per heavy atom. The smallest absolute Gasteiger partial charge is 0.269 e. The highest BCUT2D eigenvalue weighted by Gasteiger charge is 2.36. The standard InChI is InChI=1S/C18H18N4O5S/c1-13-5-4-7-17(19-13)20-18(23)16-6-2-3-12-21(16)28(26,27)15-10-8-14(9-11-15)22(24)25/h2-5,7-11,16H,6,12H2,1H3,(H,19,20,23). The van der Waals surface area contributed by atoms with Crippen LogP contribution in [-0.4, -0.2) is 41.1 Å². The molecule has 0 aliphatic carbocycles.